The zero-order chi connectivity index (χ0) is 11.0. The van der Waals surface area contributed by atoms with Crippen LogP contribution < -0.4 is 0 Å². The number of halogens is 1. The topological polar surface area (TPSA) is 41.6 Å². The first-order valence-electron chi connectivity index (χ1n) is 5.53. The predicted molar refractivity (Wildman–Crippen MR) is 65.3 cm³/mol. The van der Waals surface area contributed by atoms with E-state index >= 15 is 0 Å². The largest absolute Gasteiger partial charge is 0.345 e. The van der Waals surface area contributed by atoms with Gasteiger partial charge in [0.25, 0.3) is 0 Å². The molecule has 0 radical (unpaired) electrons. The summed E-state index contributed by atoms with van der Waals surface area (Å²) < 4.78 is 0. The van der Waals surface area contributed by atoms with Crippen molar-refractivity contribution in [2.45, 2.75) is 25.7 Å². The fraction of sp³-hybridized carbons (Fsp3) is 0.333. The maximum Gasteiger partial charge on any atom is 0.142 e. The standard InChI is InChI=1S/C12H12ClN3/c13-11-10-9(8-4-2-1-3-5-8)6-14-12(10)16-7-15-11/h4,6-7H,1-3,5H2,(H,14,15,16). The van der Waals surface area contributed by atoms with Crippen molar-refractivity contribution < 1.29 is 0 Å². The van der Waals surface area contributed by atoms with Crippen LogP contribution in [0.25, 0.3) is 16.6 Å². The predicted octanol–water partition coefficient (Wildman–Crippen LogP) is 3.57. The van der Waals surface area contributed by atoms with Gasteiger partial charge in [0.15, 0.2) is 0 Å². The molecule has 16 heavy (non-hydrogen) atoms. The molecule has 2 heterocycles. The Kier molecular flexibility index (Phi) is 2.40. The number of hydrogen-bond donors (Lipinski definition) is 1. The van der Waals surface area contributed by atoms with Crippen LogP contribution in [0.4, 0.5) is 0 Å². The lowest BCUT2D eigenvalue weighted by molar-refractivity contribution is 0.742. The maximum atomic E-state index is 6.12. The van der Waals surface area contributed by atoms with Gasteiger partial charge in [0, 0.05) is 11.8 Å². The first-order valence-corrected chi connectivity index (χ1v) is 5.91. The average Bonchev–Trinajstić information content (AvgIpc) is 2.75. The first kappa shape index (κ1) is 9.85. The fourth-order valence-electron chi connectivity index (χ4n) is 2.26. The molecule has 0 aliphatic heterocycles. The summed E-state index contributed by atoms with van der Waals surface area (Å²) in [4.78, 5) is 11.4. The highest BCUT2D eigenvalue weighted by molar-refractivity contribution is 6.34. The maximum absolute atomic E-state index is 6.12. The number of H-pyrrole nitrogens is 1. The van der Waals surface area contributed by atoms with E-state index in [0.29, 0.717) is 5.15 Å². The van der Waals surface area contributed by atoms with Crippen molar-refractivity contribution in [2.75, 3.05) is 0 Å². The van der Waals surface area contributed by atoms with E-state index in [0.717, 1.165) is 23.9 Å². The van der Waals surface area contributed by atoms with Gasteiger partial charge >= 0.3 is 0 Å². The van der Waals surface area contributed by atoms with Gasteiger partial charge in [-0.05, 0) is 31.3 Å². The van der Waals surface area contributed by atoms with E-state index in [4.69, 9.17) is 11.6 Å². The van der Waals surface area contributed by atoms with Crippen LogP contribution in [-0.4, -0.2) is 15.0 Å². The number of rotatable bonds is 1. The minimum absolute atomic E-state index is 0.535. The van der Waals surface area contributed by atoms with Gasteiger partial charge in [0.2, 0.25) is 0 Å². The summed E-state index contributed by atoms with van der Waals surface area (Å²) in [5.41, 5.74) is 3.36. The summed E-state index contributed by atoms with van der Waals surface area (Å²) in [5.74, 6) is 0. The molecule has 0 spiro atoms. The van der Waals surface area contributed by atoms with Crippen LogP contribution in [0.1, 0.15) is 31.2 Å². The molecule has 0 bridgehead atoms. The van der Waals surface area contributed by atoms with Crippen LogP contribution >= 0.6 is 11.6 Å². The van der Waals surface area contributed by atoms with E-state index in [1.165, 1.54) is 30.3 Å². The van der Waals surface area contributed by atoms with Crippen molar-refractivity contribution in [1.82, 2.24) is 15.0 Å². The highest BCUT2D eigenvalue weighted by Gasteiger charge is 2.14. The van der Waals surface area contributed by atoms with Crippen LogP contribution in [0.2, 0.25) is 5.15 Å². The highest BCUT2D eigenvalue weighted by Crippen LogP contribution is 2.33. The smallest absolute Gasteiger partial charge is 0.142 e. The molecule has 1 N–H and O–H groups in total. The Labute approximate surface area is 98.6 Å². The van der Waals surface area contributed by atoms with Crippen LogP contribution in [-0.2, 0) is 0 Å². The molecule has 0 unspecified atom stereocenters. The number of aromatic amines is 1. The lowest BCUT2D eigenvalue weighted by Gasteiger charge is -2.11. The van der Waals surface area contributed by atoms with Gasteiger partial charge in [-0.15, -0.1) is 0 Å². The second-order valence-corrected chi connectivity index (χ2v) is 4.42. The summed E-state index contributed by atoms with van der Waals surface area (Å²) in [6.45, 7) is 0. The van der Waals surface area contributed by atoms with Gasteiger partial charge in [-0.2, -0.15) is 0 Å². The Bertz CT molecular complexity index is 556. The highest BCUT2D eigenvalue weighted by atomic mass is 35.5. The van der Waals surface area contributed by atoms with Crippen LogP contribution in [0, 0.1) is 0 Å². The molecule has 0 saturated heterocycles. The second-order valence-electron chi connectivity index (χ2n) is 4.07. The van der Waals surface area contributed by atoms with Gasteiger partial charge < -0.3 is 4.98 Å². The minimum atomic E-state index is 0.535. The summed E-state index contributed by atoms with van der Waals surface area (Å²) in [5, 5.41) is 1.49. The Morgan fingerprint density at radius 3 is 3.00 bits per heavy atom. The molecular weight excluding hydrogens is 222 g/mol. The molecule has 82 valence electrons. The van der Waals surface area contributed by atoms with Crippen molar-refractivity contribution in [2.24, 2.45) is 0 Å². The molecule has 3 rings (SSSR count). The molecular formula is C12H12ClN3. The van der Waals surface area contributed by atoms with Crippen molar-refractivity contribution in [3.05, 3.63) is 29.3 Å². The molecule has 1 aliphatic rings. The van der Waals surface area contributed by atoms with E-state index in [1.807, 2.05) is 6.20 Å². The summed E-state index contributed by atoms with van der Waals surface area (Å²) in [6.07, 6.45) is 10.6. The quantitative estimate of drug-likeness (QED) is 0.765. The van der Waals surface area contributed by atoms with Crippen molar-refractivity contribution in [3.63, 3.8) is 0 Å². The third-order valence-electron chi connectivity index (χ3n) is 3.06. The first-order chi connectivity index (χ1) is 7.86. The molecule has 0 amide bonds. The van der Waals surface area contributed by atoms with Gasteiger partial charge in [-0.3, -0.25) is 0 Å². The van der Waals surface area contributed by atoms with Gasteiger partial charge in [0.1, 0.15) is 17.1 Å². The lowest BCUT2D eigenvalue weighted by Crippen LogP contribution is -1.91. The number of hydrogen-bond acceptors (Lipinski definition) is 2. The van der Waals surface area contributed by atoms with Crippen molar-refractivity contribution in [3.8, 4) is 0 Å². The second kappa shape index (κ2) is 3.91. The number of fused-ring (bicyclic) bond motifs is 1. The van der Waals surface area contributed by atoms with Gasteiger partial charge in [-0.25, -0.2) is 9.97 Å². The third kappa shape index (κ3) is 1.52. The Hall–Kier alpha value is -1.35. The van der Waals surface area contributed by atoms with E-state index in [2.05, 4.69) is 21.0 Å². The fourth-order valence-corrected chi connectivity index (χ4v) is 2.50. The molecule has 0 atom stereocenters. The SMILES string of the molecule is Clc1ncnc2[nH]cc(C3=CCCCC3)c12. The number of allylic oxidation sites excluding steroid dienone is 2. The Morgan fingerprint density at radius 1 is 1.25 bits per heavy atom. The average molecular weight is 234 g/mol. The van der Waals surface area contributed by atoms with E-state index in [9.17, 15) is 0 Å². The van der Waals surface area contributed by atoms with Crippen LogP contribution in [0.15, 0.2) is 18.6 Å². The van der Waals surface area contributed by atoms with Crippen molar-refractivity contribution >= 4 is 28.2 Å². The number of aromatic nitrogens is 3. The number of nitrogens with zero attached hydrogens (tertiary/aromatic N) is 2. The molecule has 0 fully saturated rings. The van der Waals surface area contributed by atoms with Crippen LogP contribution in [0.5, 0.6) is 0 Å². The normalized spacial score (nSPS) is 16.4. The number of nitrogens with one attached hydrogen (secondary N) is 1. The lowest BCUT2D eigenvalue weighted by atomic mass is 9.94. The molecule has 0 aromatic carbocycles. The van der Waals surface area contributed by atoms with Gasteiger partial charge in [0.05, 0.1) is 5.39 Å². The molecule has 3 nitrogen and oxygen atoms in total. The minimum Gasteiger partial charge on any atom is -0.345 e. The molecule has 2 aromatic heterocycles. The van der Waals surface area contributed by atoms with E-state index < -0.39 is 0 Å². The summed E-state index contributed by atoms with van der Waals surface area (Å²) >= 11 is 6.12. The van der Waals surface area contributed by atoms with Gasteiger partial charge in [-0.1, -0.05) is 17.7 Å². The third-order valence-corrected chi connectivity index (χ3v) is 3.35. The zero-order valence-corrected chi connectivity index (χ0v) is 9.59. The van der Waals surface area contributed by atoms with E-state index in [-0.39, 0.29) is 0 Å². The Balaban J connectivity index is 2.20. The molecule has 1 aliphatic carbocycles. The van der Waals surface area contributed by atoms with Crippen molar-refractivity contribution in [1.29, 1.82) is 0 Å². The monoisotopic (exact) mass is 233 g/mol. The summed E-state index contributed by atoms with van der Waals surface area (Å²) in [7, 11) is 0. The molecule has 2 aromatic rings. The molecule has 4 heteroatoms. The van der Waals surface area contributed by atoms with E-state index in [1.54, 1.807) is 0 Å². The Morgan fingerprint density at radius 2 is 2.19 bits per heavy atom. The van der Waals surface area contributed by atoms with Crippen LogP contribution in [0.3, 0.4) is 0 Å². The zero-order valence-electron chi connectivity index (χ0n) is 8.83. The molecule has 0 saturated carbocycles. The summed E-state index contributed by atoms with van der Waals surface area (Å²) in [6, 6.07) is 0.